The second-order valence-electron chi connectivity index (χ2n) is 9.09. The van der Waals surface area contributed by atoms with E-state index in [4.69, 9.17) is 11.6 Å². The second-order valence-corrected chi connectivity index (χ2v) is 9.50. The summed E-state index contributed by atoms with van der Waals surface area (Å²) in [5.74, 6) is -2.12. The van der Waals surface area contributed by atoms with Crippen LogP contribution in [-0.4, -0.2) is 58.8 Å². The molecule has 1 aromatic carbocycles. The van der Waals surface area contributed by atoms with Crippen molar-refractivity contribution >= 4 is 46.0 Å². The van der Waals surface area contributed by atoms with E-state index < -0.39 is 42.2 Å². The lowest BCUT2D eigenvalue weighted by Crippen LogP contribution is -2.53. The van der Waals surface area contributed by atoms with Gasteiger partial charge >= 0.3 is 0 Å². The number of nitrogens with one attached hydrogen (secondary N) is 4. The van der Waals surface area contributed by atoms with Gasteiger partial charge in [-0.05, 0) is 43.7 Å². The molecule has 0 spiro atoms. The van der Waals surface area contributed by atoms with Crippen LogP contribution in [0.15, 0.2) is 24.3 Å². The van der Waals surface area contributed by atoms with Gasteiger partial charge < -0.3 is 26.0 Å². The first-order valence-electron chi connectivity index (χ1n) is 11.5. The largest absolute Gasteiger partial charge is 0.389 e. The van der Waals surface area contributed by atoms with E-state index in [1.807, 2.05) is 19.9 Å². The number of rotatable bonds is 10. The van der Waals surface area contributed by atoms with Gasteiger partial charge in [0, 0.05) is 17.8 Å². The van der Waals surface area contributed by atoms with Crippen LogP contribution in [0.25, 0.3) is 10.9 Å². The quantitative estimate of drug-likeness (QED) is 0.346. The van der Waals surface area contributed by atoms with Crippen molar-refractivity contribution in [2.45, 2.75) is 51.6 Å². The number of hydrogen-bond acceptors (Lipinski definition) is 5. The molecule has 34 heavy (non-hydrogen) atoms. The monoisotopic (exact) mass is 490 g/mol. The number of amides is 3. The van der Waals surface area contributed by atoms with Crippen LogP contribution in [-0.2, 0) is 14.4 Å². The van der Waals surface area contributed by atoms with Crippen LogP contribution in [0.4, 0.5) is 0 Å². The highest BCUT2D eigenvalue weighted by Crippen LogP contribution is 2.23. The molecule has 2 aromatic rings. The number of fused-ring (bicyclic) bond motifs is 1. The third-order valence-electron chi connectivity index (χ3n) is 5.96. The van der Waals surface area contributed by atoms with Crippen molar-refractivity contribution in [3.8, 4) is 0 Å². The first-order chi connectivity index (χ1) is 16.2. The summed E-state index contributed by atoms with van der Waals surface area (Å²) in [4.78, 5) is 53.5. The average molecular weight is 491 g/mol. The number of hydrogen-bond donors (Lipinski definition) is 5. The average Bonchev–Trinajstić information content (AvgIpc) is 3.24. The third-order valence-corrected chi connectivity index (χ3v) is 6.27. The number of para-hydroxylation sites is 1. The zero-order valence-corrected chi connectivity index (χ0v) is 20.1. The zero-order valence-electron chi connectivity index (χ0n) is 19.3. The molecule has 0 bridgehead atoms. The van der Waals surface area contributed by atoms with Gasteiger partial charge in [0.15, 0.2) is 5.78 Å². The smallest absolute Gasteiger partial charge is 0.268 e. The van der Waals surface area contributed by atoms with E-state index >= 15 is 0 Å². The maximum absolute atomic E-state index is 13.1. The van der Waals surface area contributed by atoms with Crippen LogP contribution in [0.2, 0.25) is 5.02 Å². The highest BCUT2D eigenvalue weighted by atomic mass is 35.5. The van der Waals surface area contributed by atoms with Crippen molar-refractivity contribution in [3.05, 3.63) is 35.0 Å². The molecule has 2 heterocycles. The molecule has 2 unspecified atom stereocenters. The lowest BCUT2D eigenvalue weighted by molar-refractivity contribution is -0.132. The number of carbonyl (C=O) groups excluding carboxylic acids is 4. The molecule has 0 saturated carbocycles. The maximum atomic E-state index is 13.1. The van der Waals surface area contributed by atoms with Gasteiger partial charge in [0.1, 0.15) is 18.3 Å². The van der Waals surface area contributed by atoms with Crippen molar-refractivity contribution in [1.82, 2.24) is 20.9 Å². The first kappa shape index (κ1) is 25.7. The van der Waals surface area contributed by atoms with Crippen LogP contribution in [0, 0.1) is 11.8 Å². The minimum Gasteiger partial charge on any atom is -0.389 e. The topological polar surface area (TPSA) is 140 Å². The molecule has 0 aliphatic carbocycles. The molecule has 3 atom stereocenters. The summed E-state index contributed by atoms with van der Waals surface area (Å²) in [6, 6.07) is 5.02. The maximum Gasteiger partial charge on any atom is 0.268 e. The lowest BCUT2D eigenvalue weighted by atomic mass is 9.90. The predicted molar refractivity (Wildman–Crippen MR) is 128 cm³/mol. The molecular weight excluding hydrogens is 460 g/mol. The normalized spacial score (nSPS) is 17.8. The van der Waals surface area contributed by atoms with Crippen LogP contribution >= 0.6 is 11.6 Å². The Kier molecular flexibility index (Phi) is 8.68. The van der Waals surface area contributed by atoms with E-state index in [9.17, 15) is 24.3 Å². The van der Waals surface area contributed by atoms with E-state index in [-0.39, 0.29) is 23.9 Å². The van der Waals surface area contributed by atoms with Gasteiger partial charge in [0.05, 0.1) is 16.6 Å². The molecule has 3 rings (SSSR count). The summed E-state index contributed by atoms with van der Waals surface area (Å²) in [5.41, 5.74) is 0.880. The number of benzene rings is 1. The van der Waals surface area contributed by atoms with Gasteiger partial charge in [-0.3, -0.25) is 19.2 Å². The predicted octanol–water partition coefficient (Wildman–Crippen LogP) is 1.93. The second kappa shape index (κ2) is 11.5. The number of aromatic amines is 1. The molecule has 0 radical (unpaired) electrons. The summed E-state index contributed by atoms with van der Waals surface area (Å²) < 4.78 is 0. The van der Waals surface area contributed by atoms with Gasteiger partial charge in [-0.15, -0.1) is 0 Å². The van der Waals surface area contributed by atoms with E-state index in [0.717, 1.165) is 11.8 Å². The van der Waals surface area contributed by atoms with Crippen molar-refractivity contribution in [2.75, 3.05) is 13.2 Å². The number of aromatic nitrogens is 1. The molecule has 1 aliphatic rings. The minimum atomic E-state index is -1.02. The van der Waals surface area contributed by atoms with Gasteiger partial charge in [0.25, 0.3) is 5.91 Å². The van der Waals surface area contributed by atoms with Gasteiger partial charge in [-0.2, -0.15) is 0 Å². The fourth-order valence-corrected chi connectivity index (χ4v) is 4.41. The van der Waals surface area contributed by atoms with Crippen LogP contribution in [0.1, 0.15) is 50.0 Å². The Morgan fingerprint density at radius 1 is 1.21 bits per heavy atom. The summed E-state index contributed by atoms with van der Waals surface area (Å²) in [6.07, 6.45) is 1.82. The molecule has 1 saturated heterocycles. The number of carbonyl (C=O) groups is 4. The number of aliphatic hydroxyl groups excluding tert-OH is 1. The Hall–Kier alpha value is -2.91. The first-order valence-corrected chi connectivity index (χ1v) is 11.9. The molecule has 3 amide bonds. The van der Waals surface area contributed by atoms with Crippen LogP contribution in [0.3, 0.4) is 0 Å². The lowest BCUT2D eigenvalue weighted by Gasteiger charge is -2.27. The number of piperidine rings is 1. The molecule has 1 aromatic heterocycles. The Morgan fingerprint density at radius 3 is 2.62 bits per heavy atom. The van der Waals surface area contributed by atoms with Gasteiger partial charge in [-0.25, -0.2) is 0 Å². The van der Waals surface area contributed by atoms with Crippen molar-refractivity contribution < 1.29 is 24.3 Å². The Morgan fingerprint density at radius 2 is 1.97 bits per heavy atom. The minimum absolute atomic E-state index is 0.0734. The van der Waals surface area contributed by atoms with Crippen molar-refractivity contribution in [3.63, 3.8) is 0 Å². The fraction of sp³-hybridized carbons (Fsp3) is 0.500. The summed E-state index contributed by atoms with van der Waals surface area (Å²) in [6.45, 7) is 3.66. The molecule has 184 valence electrons. The molecule has 1 fully saturated rings. The molecule has 1 aliphatic heterocycles. The Bertz CT molecular complexity index is 1070. The highest BCUT2D eigenvalue weighted by molar-refractivity contribution is 6.35. The molecule has 5 N–H and O–H groups in total. The Balaban J connectivity index is 1.74. The zero-order chi connectivity index (χ0) is 24.8. The van der Waals surface area contributed by atoms with E-state index in [2.05, 4.69) is 20.9 Å². The third kappa shape index (κ3) is 6.36. The standard InChI is InChI=1S/C24H31ClN4O5/c1-13(2)9-18(29-24(34)19-10-14-5-3-7-16(25)21(14)27-19)23(33)28-17(20(31)12-30)11-15-6-4-8-26-22(15)32/h3,5,7,10,13,15,17-18,27,30H,4,6,8-9,11-12H2,1-2H3,(H,26,32)(H,28,33)(H,29,34)/t15-,17?,18?/m0/s1. The summed E-state index contributed by atoms with van der Waals surface area (Å²) in [7, 11) is 0. The number of aliphatic hydroxyl groups is 1. The fourth-order valence-electron chi connectivity index (χ4n) is 4.18. The number of halogens is 1. The van der Waals surface area contributed by atoms with Gasteiger partial charge in [-0.1, -0.05) is 37.6 Å². The van der Waals surface area contributed by atoms with Crippen molar-refractivity contribution in [1.29, 1.82) is 0 Å². The SMILES string of the molecule is CC(C)CC(NC(=O)c1cc2cccc(Cl)c2[nH]1)C(=O)NC(C[C@@H]1CCCNC1=O)C(=O)CO. The van der Waals surface area contributed by atoms with E-state index in [0.29, 0.717) is 29.9 Å². The molecular formula is C24H31ClN4O5. The molecule has 9 nitrogen and oxygen atoms in total. The Labute approximate surface area is 203 Å². The van der Waals surface area contributed by atoms with E-state index in [1.54, 1.807) is 18.2 Å². The molecule has 10 heteroatoms. The van der Waals surface area contributed by atoms with Crippen molar-refractivity contribution in [2.24, 2.45) is 11.8 Å². The van der Waals surface area contributed by atoms with Crippen LogP contribution in [0.5, 0.6) is 0 Å². The summed E-state index contributed by atoms with van der Waals surface area (Å²) in [5, 5.41) is 18.8. The van der Waals surface area contributed by atoms with Gasteiger partial charge in [0.2, 0.25) is 11.8 Å². The highest BCUT2D eigenvalue weighted by Gasteiger charge is 2.32. The van der Waals surface area contributed by atoms with Crippen LogP contribution < -0.4 is 16.0 Å². The van der Waals surface area contributed by atoms with E-state index in [1.165, 1.54) is 0 Å². The number of ketones is 1. The number of Topliss-reactive ketones (excluding diaryl/α,β-unsaturated/α-hetero) is 1. The summed E-state index contributed by atoms with van der Waals surface area (Å²) >= 11 is 6.18. The number of H-pyrrole nitrogens is 1.